The highest BCUT2D eigenvalue weighted by Gasteiger charge is 2.34. The van der Waals surface area contributed by atoms with Crippen LogP contribution in [0.25, 0.3) is 11.1 Å². The number of hydrogen-bond acceptors (Lipinski definition) is 4. The molecule has 2 aromatic rings. The van der Waals surface area contributed by atoms with E-state index in [1.54, 1.807) is 0 Å². The van der Waals surface area contributed by atoms with Crippen molar-refractivity contribution >= 4 is 13.5 Å². The molecule has 0 fully saturated rings. The summed E-state index contributed by atoms with van der Waals surface area (Å²) >= 11 is 0. The van der Waals surface area contributed by atoms with Gasteiger partial charge in [0, 0.05) is 6.54 Å². The van der Waals surface area contributed by atoms with Gasteiger partial charge in [0.05, 0.1) is 25.3 Å². The molecule has 0 heterocycles. The van der Waals surface area contributed by atoms with Gasteiger partial charge in [-0.15, -0.1) is 0 Å². The Hall–Kier alpha value is -1.94. The number of amides is 1. The highest BCUT2D eigenvalue weighted by molar-refractivity contribution is 7.53. The molecule has 3 rings (SSSR count). The number of unbranched alkanes of at least 4 members (excludes halogenated alkanes) is 4. The third kappa shape index (κ3) is 7.54. The normalized spacial score (nSPS) is 14.5. The van der Waals surface area contributed by atoms with Gasteiger partial charge in [0.1, 0.15) is 0 Å². The highest BCUT2D eigenvalue weighted by atomic mass is 31.2. The van der Waals surface area contributed by atoms with E-state index in [2.05, 4.69) is 62.5 Å². The zero-order chi connectivity index (χ0) is 25.8. The molecule has 1 N–H and O–H groups in total. The molecule has 6 heteroatoms. The highest BCUT2D eigenvalue weighted by Crippen LogP contribution is 2.50. The molecule has 1 aliphatic rings. The number of aryl methyl sites for hydroxylation is 1. The fourth-order valence-electron chi connectivity index (χ4n) is 4.83. The molecule has 0 spiro atoms. The van der Waals surface area contributed by atoms with Gasteiger partial charge in [-0.3, -0.25) is 9.36 Å². The van der Waals surface area contributed by atoms with Gasteiger partial charge in [-0.2, -0.15) is 0 Å². The lowest BCUT2D eigenvalue weighted by Gasteiger charge is -2.18. The smallest absolute Gasteiger partial charge is 0.330 e. The molecule has 5 nitrogen and oxygen atoms in total. The fourth-order valence-corrected chi connectivity index (χ4v) is 6.59. The van der Waals surface area contributed by atoms with E-state index in [-0.39, 0.29) is 11.8 Å². The predicted molar refractivity (Wildman–Crippen MR) is 149 cm³/mol. The van der Waals surface area contributed by atoms with Crippen LogP contribution in [-0.2, 0) is 24.8 Å². The summed E-state index contributed by atoms with van der Waals surface area (Å²) in [6, 6.07) is 14.7. The van der Waals surface area contributed by atoms with Gasteiger partial charge in [0.15, 0.2) is 0 Å². The summed E-state index contributed by atoms with van der Waals surface area (Å²) in [5, 5.41) is 3.10. The van der Waals surface area contributed by atoms with Crippen molar-refractivity contribution in [3.63, 3.8) is 0 Å². The molecule has 36 heavy (non-hydrogen) atoms. The van der Waals surface area contributed by atoms with E-state index in [0.717, 1.165) is 68.9 Å². The molecule has 1 atom stereocenters. The van der Waals surface area contributed by atoms with Crippen LogP contribution in [0.4, 0.5) is 0 Å². The summed E-state index contributed by atoms with van der Waals surface area (Å²) in [5.41, 5.74) is 5.90. The summed E-state index contributed by atoms with van der Waals surface area (Å²) in [4.78, 5) is 13.1. The van der Waals surface area contributed by atoms with Gasteiger partial charge in [0.25, 0.3) is 0 Å². The molecular formula is C30H44NO4P. The zero-order valence-corrected chi connectivity index (χ0v) is 23.3. The predicted octanol–water partition coefficient (Wildman–Crippen LogP) is 7.86. The van der Waals surface area contributed by atoms with Gasteiger partial charge in [0.2, 0.25) is 5.91 Å². The van der Waals surface area contributed by atoms with Gasteiger partial charge in [-0.05, 0) is 66.3 Å². The van der Waals surface area contributed by atoms with E-state index < -0.39 is 7.60 Å². The number of carbonyl (C=O) groups excluding carboxylic acids is 1. The van der Waals surface area contributed by atoms with E-state index in [1.165, 1.54) is 16.7 Å². The zero-order valence-electron chi connectivity index (χ0n) is 22.4. The van der Waals surface area contributed by atoms with Crippen molar-refractivity contribution < 1.29 is 18.4 Å². The second-order valence-electron chi connectivity index (χ2n) is 9.71. The lowest BCUT2D eigenvalue weighted by molar-refractivity contribution is -0.121. The minimum atomic E-state index is -3.02. The second-order valence-corrected chi connectivity index (χ2v) is 11.9. The average Bonchev–Trinajstić information content (AvgIpc) is 3.23. The van der Waals surface area contributed by atoms with Gasteiger partial charge in [-0.1, -0.05) is 82.5 Å². The van der Waals surface area contributed by atoms with Crippen LogP contribution in [0.3, 0.4) is 0 Å². The minimum absolute atomic E-state index is 0.0853. The fraction of sp³-hybridized carbons (Fsp3) is 0.567. The van der Waals surface area contributed by atoms with Gasteiger partial charge in [-0.25, -0.2) is 0 Å². The van der Waals surface area contributed by atoms with Crippen LogP contribution < -0.4 is 5.32 Å². The first kappa shape index (κ1) is 28.6. The summed E-state index contributed by atoms with van der Waals surface area (Å²) in [6.45, 7) is 7.98. The summed E-state index contributed by atoms with van der Waals surface area (Å²) in [7, 11) is -3.02. The quantitative estimate of drug-likeness (QED) is 0.173. The molecule has 1 unspecified atom stereocenters. The lowest BCUT2D eigenvalue weighted by atomic mass is 9.93. The van der Waals surface area contributed by atoms with E-state index in [9.17, 15) is 9.36 Å². The first-order valence-electron chi connectivity index (χ1n) is 13.9. The molecule has 0 radical (unpaired) electrons. The van der Waals surface area contributed by atoms with E-state index in [0.29, 0.717) is 25.9 Å². The third-order valence-electron chi connectivity index (χ3n) is 6.80. The van der Waals surface area contributed by atoms with Crippen molar-refractivity contribution in [1.82, 2.24) is 5.32 Å². The number of benzene rings is 2. The van der Waals surface area contributed by atoms with Crippen LogP contribution >= 0.6 is 7.60 Å². The Morgan fingerprint density at radius 2 is 1.53 bits per heavy atom. The first-order chi connectivity index (χ1) is 17.5. The number of fused-ring (bicyclic) bond motifs is 3. The average molecular weight is 514 g/mol. The van der Waals surface area contributed by atoms with Crippen molar-refractivity contribution in [3.05, 3.63) is 59.2 Å². The molecule has 0 bridgehead atoms. The molecule has 0 saturated heterocycles. The minimum Gasteiger partial charge on any atom is -0.355 e. The van der Waals surface area contributed by atoms with Crippen molar-refractivity contribution in [2.45, 2.75) is 84.5 Å². The van der Waals surface area contributed by atoms with E-state index >= 15 is 0 Å². The van der Waals surface area contributed by atoms with Crippen LogP contribution in [0.15, 0.2) is 42.5 Å². The van der Waals surface area contributed by atoms with Crippen LogP contribution in [-0.4, -0.2) is 31.8 Å². The van der Waals surface area contributed by atoms with Crippen molar-refractivity contribution in [1.29, 1.82) is 0 Å². The molecule has 0 saturated carbocycles. The Bertz CT molecular complexity index is 1010. The maximum absolute atomic E-state index is 13.2. The van der Waals surface area contributed by atoms with Crippen LogP contribution in [0.5, 0.6) is 0 Å². The molecule has 198 valence electrons. The Balaban J connectivity index is 1.63. The topological polar surface area (TPSA) is 64.6 Å². The van der Waals surface area contributed by atoms with Crippen molar-refractivity contribution in [3.8, 4) is 11.1 Å². The number of rotatable bonds is 17. The van der Waals surface area contributed by atoms with E-state index in [4.69, 9.17) is 9.05 Å². The Labute approximate surface area is 217 Å². The van der Waals surface area contributed by atoms with Crippen LogP contribution in [0.2, 0.25) is 0 Å². The van der Waals surface area contributed by atoms with E-state index in [1.807, 2.05) is 6.07 Å². The Kier molecular flexibility index (Phi) is 11.7. The molecule has 2 aromatic carbocycles. The molecule has 0 aromatic heterocycles. The third-order valence-corrected chi connectivity index (χ3v) is 8.81. The largest absolute Gasteiger partial charge is 0.355 e. The molecule has 1 amide bonds. The van der Waals surface area contributed by atoms with Gasteiger partial charge < -0.3 is 14.4 Å². The first-order valence-corrected chi connectivity index (χ1v) is 15.6. The van der Waals surface area contributed by atoms with Crippen molar-refractivity contribution in [2.24, 2.45) is 0 Å². The summed E-state index contributed by atoms with van der Waals surface area (Å²) in [5.74, 6) is -0.156. The van der Waals surface area contributed by atoms with Gasteiger partial charge >= 0.3 is 7.60 Å². The van der Waals surface area contributed by atoms with Crippen molar-refractivity contribution in [2.75, 3.05) is 25.9 Å². The Morgan fingerprint density at radius 1 is 0.833 bits per heavy atom. The maximum Gasteiger partial charge on any atom is 0.330 e. The number of hydrogen-bond donors (Lipinski definition) is 1. The monoisotopic (exact) mass is 513 g/mol. The maximum atomic E-state index is 13.2. The van der Waals surface area contributed by atoms with Crippen LogP contribution in [0, 0.1) is 0 Å². The lowest BCUT2D eigenvalue weighted by Crippen LogP contribution is -2.29. The molecule has 0 aliphatic heterocycles. The second kappa shape index (κ2) is 14.7. The number of nitrogens with one attached hydrogen (secondary N) is 1. The summed E-state index contributed by atoms with van der Waals surface area (Å²) < 4.78 is 24.7. The Morgan fingerprint density at radius 3 is 2.22 bits per heavy atom. The SMILES string of the molecule is CCCCOP(=O)(CCCCCc1cccc2c1-c1ccccc1C2C(=O)NCCC)OCCCC. The standard InChI is InChI=1S/C30H44NO4P/c1-4-7-21-34-36(33,35-22-8-5-2)23-13-9-10-15-24-16-14-19-27-28(24)25-17-11-12-18-26(25)29(27)30(32)31-20-6-3/h11-12,14,16-19,29H,4-10,13,15,20-23H2,1-3H3,(H,31,32). The van der Waals surface area contributed by atoms with Crippen LogP contribution in [0.1, 0.15) is 94.7 Å². The number of carbonyl (C=O) groups is 1. The molecular weight excluding hydrogens is 469 g/mol. The summed E-state index contributed by atoms with van der Waals surface area (Å²) in [6.07, 6.45) is 8.95. The molecule has 1 aliphatic carbocycles.